The van der Waals surface area contributed by atoms with Gasteiger partial charge in [-0.15, -0.1) is 0 Å². The van der Waals surface area contributed by atoms with E-state index in [2.05, 4.69) is 10.6 Å². The number of amides is 2. The van der Waals surface area contributed by atoms with E-state index in [1.54, 1.807) is 13.8 Å². The van der Waals surface area contributed by atoms with Crippen LogP contribution in [-0.4, -0.2) is 47.0 Å². The summed E-state index contributed by atoms with van der Waals surface area (Å²) in [7, 11) is -1.67. The standard InChI is InChI=1S/C16H26BN3O4/c1-10(2)14(17(23)24)20-15(21)11(3)19-16(22)13(18)9-12-7-5-4-6-8-12/h4-8,10-11,13-14,23-24H,9,18H2,1-3H3,(H,19,22)(H,20,21)/t11-,13-,14-/m0/s1. The van der Waals surface area contributed by atoms with Crippen LogP contribution in [0.3, 0.4) is 0 Å². The third-order valence-electron chi connectivity index (χ3n) is 3.74. The number of nitrogens with two attached hydrogens (primary N) is 1. The Morgan fingerprint density at radius 1 is 1.08 bits per heavy atom. The lowest BCUT2D eigenvalue weighted by Crippen LogP contribution is -2.56. The Kier molecular flexibility index (Phi) is 7.90. The van der Waals surface area contributed by atoms with E-state index in [9.17, 15) is 19.6 Å². The van der Waals surface area contributed by atoms with Gasteiger partial charge in [0, 0.05) is 0 Å². The zero-order valence-electron chi connectivity index (χ0n) is 14.3. The van der Waals surface area contributed by atoms with Crippen LogP contribution in [0.1, 0.15) is 26.3 Å². The van der Waals surface area contributed by atoms with Gasteiger partial charge in [-0.2, -0.15) is 0 Å². The maximum atomic E-state index is 12.1. The first-order chi connectivity index (χ1) is 11.2. The highest BCUT2D eigenvalue weighted by atomic mass is 16.4. The third-order valence-corrected chi connectivity index (χ3v) is 3.74. The fourth-order valence-corrected chi connectivity index (χ4v) is 2.22. The van der Waals surface area contributed by atoms with Crippen LogP contribution in [-0.2, 0) is 16.0 Å². The predicted molar refractivity (Wildman–Crippen MR) is 92.7 cm³/mol. The monoisotopic (exact) mass is 335 g/mol. The number of carbonyl (C=O) groups excluding carboxylic acids is 2. The van der Waals surface area contributed by atoms with Gasteiger partial charge in [0.05, 0.1) is 12.0 Å². The molecular formula is C16H26BN3O4. The number of hydrogen-bond acceptors (Lipinski definition) is 5. The number of benzene rings is 1. The minimum atomic E-state index is -1.67. The Balaban J connectivity index is 2.54. The molecule has 24 heavy (non-hydrogen) atoms. The topological polar surface area (TPSA) is 125 Å². The number of hydrogen-bond donors (Lipinski definition) is 5. The fourth-order valence-electron chi connectivity index (χ4n) is 2.22. The molecule has 0 radical (unpaired) electrons. The zero-order chi connectivity index (χ0) is 18.3. The van der Waals surface area contributed by atoms with Gasteiger partial charge < -0.3 is 26.4 Å². The molecule has 0 aromatic heterocycles. The summed E-state index contributed by atoms with van der Waals surface area (Å²) in [4.78, 5) is 24.2. The van der Waals surface area contributed by atoms with Crippen LogP contribution in [0.15, 0.2) is 30.3 Å². The van der Waals surface area contributed by atoms with Crippen LogP contribution in [0.4, 0.5) is 0 Å². The van der Waals surface area contributed by atoms with Crippen molar-refractivity contribution >= 4 is 18.9 Å². The maximum absolute atomic E-state index is 12.1. The molecule has 0 heterocycles. The van der Waals surface area contributed by atoms with E-state index in [1.165, 1.54) is 6.92 Å². The average Bonchev–Trinajstić information content (AvgIpc) is 2.52. The fraction of sp³-hybridized carbons (Fsp3) is 0.500. The molecule has 0 aliphatic carbocycles. The summed E-state index contributed by atoms with van der Waals surface area (Å²) in [6, 6.07) is 7.75. The molecule has 0 aliphatic rings. The molecule has 1 aromatic carbocycles. The van der Waals surface area contributed by atoms with Gasteiger partial charge in [0.2, 0.25) is 11.8 Å². The Hall–Kier alpha value is -1.90. The van der Waals surface area contributed by atoms with E-state index >= 15 is 0 Å². The lowest BCUT2D eigenvalue weighted by molar-refractivity contribution is -0.129. The second kappa shape index (κ2) is 9.41. The average molecular weight is 335 g/mol. The summed E-state index contributed by atoms with van der Waals surface area (Å²) in [6.07, 6.45) is 0.366. The first kappa shape index (κ1) is 20.2. The first-order valence-electron chi connectivity index (χ1n) is 7.98. The molecule has 1 aromatic rings. The van der Waals surface area contributed by atoms with E-state index < -0.39 is 37.0 Å². The van der Waals surface area contributed by atoms with Crippen molar-refractivity contribution < 1.29 is 19.6 Å². The quantitative estimate of drug-likeness (QED) is 0.398. The zero-order valence-corrected chi connectivity index (χ0v) is 14.3. The summed E-state index contributed by atoms with van der Waals surface area (Å²) in [6.45, 7) is 5.02. The van der Waals surface area contributed by atoms with Gasteiger partial charge in [0.1, 0.15) is 6.04 Å². The Morgan fingerprint density at radius 3 is 2.17 bits per heavy atom. The van der Waals surface area contributed by atoms with E-state index in [-0.39, 0.29) is 5.92 Å². The highest BCUT2D eigenvalue weighted by Crippen LogP contribution is 2.04. The van der Waals surface area contributed by atoms with Crippen LogP contribution in [0, 0.1) is 5.92 Å². The highest BCUT2D eigenvalue weighted by molar-refractivity contribution is 6.43. The predicted octanol–water partition coefficient (Wildman–Crippen LogP) is -0.786. The molecule has 2 amide bonds. The SMILES string of the molecule is CC(C)[C@H](NC(=O)[C@H](C)NC(=O)[C@@H](N)Cc1ccccc1)B(O)O. The van der Waals surface area contributed by atoms with Gasteiger partial charge in [-0.3, -0.25) is 9.59 Å². The molecule has 0 spiro atoms. The Bertz CT molecular complexity index is 531. The lowest BCUT2D eigenvalue weighted by Gasteiger charge is -2.24. The van der Waals surface area contributed by atoms with E-state index in [4.69, 9.17) is 5.73 Å². The van der Waals surface area contributed by atoms with Crippen molar-refractivity contribution in [2.45, 2.75) is 45.2 Å². The molecule has 0 unspecified atom stereocenters. The minimum absolute atomic E-state index is 0.169. The Labute approximate surface area is 142 Å². The van der Waals surface area contributed by atoms with Crippen LogP contribution < -0.4 is 16.4 Å². The largest absolute Gasteiger partial charge is 0.475 e. The molecule has 0 bridgehead atoms. The normalized spacial score (nSPS) is 14.6. The number of nitrogens with one attached hydrogen (secondary N) is 2. The summed E-state index contributed by atoms with van der Waals surface area (Å²) in [5.74, 6) is -1.92. The number of rotatable bonds is 8. The third kappa shape index (κ3) is 6.31. The maximum Gasteiger partial charge on any atom is 0.475 e. The molecule has 0 aliphatic heterocycles. The molecule has 6 N–H and O–H groups in total. The van der Waals surface area contributed by atoms with Gasteiger partial charge in [0.25, 0.3) is 0 Å². The molecule has 8 heteroatoms. The van der Waals surface area contributed by atoms with E-state index in [1.807, 2.05) is 30.3 Å². The van der Waals surface area contributed by atoms with Gasteiger partial charge in [-0.1, -0.05) is 44.2 Å². The molecule has 7 nitrogen and oxygen atoms in total. The van der Waals surface area contributed by atoms with Gasteiger partial charge in [-0.25, -0.2) is 0 Å². The van der Waals surface area contributed by atoms with E-state index in [0.717, 1.165) is 5.56 Å². The van der Waals surface area contributed by atoms with Crippen molar-refractivity contribution in [1.82, 2.24) is 10.6 Å². The van der Waals surface area contributed by atoms with Crippen molar-refractivity contribution in [3.8, 4) is 0 Å². The molecule has 0 fully saturated rings. The summed E-state index contributed by atoms with van der Waals surface area (Å²) in [5, 5.41) is 23.6. The first-order valence-corrected chi connectivity index (χ1v) is 7.98. The molecule has 132 valence electrons. The van der Waals surface area contributed by atoms with Gasteiger partial charge in [-0.05, 0) is 24.8 Å². The van der Waals surface area contributed by atoms with Crippen LogP contribution in [0.25, 0.3) is 0 Å². The van der Waals surface area contributed by atoms with E-state index in [0.29, 0.717) is 6.42 Å². The molecular weight excluding hydrogens is 309 g/mol. The van der Waals surface area contributed by atoms with Crippen LogP contribution in [0.5, 0.6) is 0 Å². The molecule has 3 atom stereocenters. The van der Waals surface area contributed by atoms with Crippen molar-refractivity contribution in [1.29, 1.82) is 0 Å². The van der Waals surface area contributed by atoms with Crippen molar-refractivity contribution in [3.05, 3.63) is 35.9 Å². The lowest BCUT2D eigenvalue weighted by atomic mass is 9.73. The van der Waals surface area contributed by atoms with Gasteiger partial charge in [0.15, 0.2) is 0 Å². The van der Waals surface area contributed by atoms with Crippen molar-refractivity contribution in [3.63, 3.8) is 0 Å². The molecule has 1 rings (SSSR count). The Morgan fingerprint density at radius 2 is 1.67 bits per heavy atom. The second-order valence-corrected chi connectivity index (χ2v) is 6.22. The highest BCUT2D eigenvalue weighted by Gasteiger charge is 2.30. The molecule has 0 saturated carbocycles. The summed E-state index contributed by atoms with van der Waals surface area (Å²) in [5.41, 5.74) is 6.80. The molecule has 0 saturated heterocycles. The summed E-state index contributed by atoms with van der Waals surface area (Å²) >= 11 is 0. The minimum Gasteiger partial charge on any atom is -0.426 e. The second-order valence-electron chi connectivity index (χ2n) is 6.22. The smallest absolute Gasteiger partial charge is 0.426 e. The van der Waals surface area contributed by atoms with Crippen LogP contribution >= 0.6 is 0 Å². The van der Waals surface area contributed by atoms with Crippen molar-refractivity contribution in [2.75, 3.05) is 0 Å². The number of carbonyl (C=O) groups is 2. The van der Waals surface area contributed by atoms with Crippen LogP contribution in [0.2, 0.25) is 0 Å². The van der Waals surface area contributed by atoms with Crippen molar-refractivity contribution in [2.24, 2.45) is 11.7 Å². The van der Waals surface area contributed by atoms with Gasteiger partial charge >= 0.3 is 7.12 Å². The summed E-state index contributed by atoms with van der Waals surface area (Å²) < 4.78 is 0.